The van der Waals surface area contributed by atoms with Crippen LogP contribution in [-0.2, 0) is 4.79 Å². The summed E-state index contributed by atoms with van der Waals surface area (Å²) in [6.07, 6.45) is 1.66. The van der Waals surface area contributed by atoms with Crippen LogP contribution in [0.1, 0.15) is 19.8 Å². The lowest BCUT2D eigenvalue weighted by Crippen LogP contribution is -2.48. The van der Waals surface area contributed by atoms with Gasteiger partial charge in [-0.25, -0.2) is 4.79 Å². The number of hydrogen-bond donors (Lipinski definition) is 2. The molecule has 2 heterocycles. The Kier molecular flexibility index (Phi) is 3.75. The van der Waals surface area contributed by atoms with E-state index in [1.165, 1.54) is 0 Å². The predicted octanol–water partition coefficient (Wildman–Crippen LogP) is 0.182. The molecule has 2 rings (SSSR count). The molecule has 6 heteroatoms. The molecule has 0 bridgehead atoms. The number of aliphatic carboxylic acids is 1. The van der Waals surface area contributed by atoms with E-state index in [9.17, 15) is 9.59 Å². The van der Waals surface area contributed by atoms with Crippen LogP contribution in [-0.4, -0.2) is 59.1 Å². The molecule has 2 saturated heterocycles. The van der Waals surface area contributed by atoms with Gasteiger partial charge < -0.3 is 20.6 Å². The second-order valence-electron chi connectivity index (χ2n) is 5.43. The van der Waals surface area contributed by atoms with Gasteiger partial charge in [-0.05, 0) is 18.8 Å². The summed E-state index contributed by atoms with van der Waals surface area (Å²) >= 11 is 0. The van der Waals surface area contributed by atoms with E-state index in [-0.39, 0.29) is 18.0 Å². The highest BCUT2D eigenvalue weighted by Crippen LogP contribution is 2.24. The Morgan fingerprint density at radius 1 is 1.17 bits per heavy atom. The van der Waals surface area contributed by atoms with E-state index >= 15 is 0 Å². The number of rotatable bonds is 1. The minimum Gasteiger partial charge on any atom is -0.481 e. The van der Waals surface area contributed by atoms with Crippen LogP contribution < -0.4 is 5.73 Å². The summed E-state index contributed by atoms with van der Waals surface area (Å²) in [5.74, 6) is -1.21. The van der Waals surface area contributed by atoms with Crippen LogP contribution >= 0.6 is 0 Å². The highest BCUT2D eigenvalue weighted by Gasteiger charge is 2.38. The topological polar surface area (TPSA) is 86.9 Å². The second kappa shape index (κ2) is 5.14. The third-order valence-electron chi connectivity index (χ3n) is 4.01. The van der Waals surface area contributed by atoms with Gasteiger partial charge in [0.1, 0.15) is 0 Å². The van der Waals surface area contributed by atoms with Gasteiger partial charge in [0.25, 0.3) is 0 Å². The molecular weight excluding hydrogens is 234 g/mol. The zero-order chi connectivity index (χ0) is 13.3. The lowest BCUT2D eigenvalue weighted by Gasteiger charge is -2.33. The van der Waals surface area contributed by atoms with Crippen molar-refractivity contribution in [3.8, 4) is 0 Å². The maximum absolute atomic E-state index is 12.2. The number of nitrogens with zero attached hydrogens (tertiary/aromatic N) is 2. The average Bonchev–Trinajstić information content (AvgIpc) is 2.71. The summed E-state index contributed by atoms with van der Waals surface area (Å²) < 4.78 is 0. The van der Waals surface area contributed by atoms with Gasteiger partial charge in [0, 0.05) is 32.2 Å². The van der Waals surface area contributed by atoms with Crippen molar-refractivity contribution in [2.75, 3.05) is 26.2 Å². The number of carboxylic acids is 1. The van der Waals surface area contributed by atoms with Gasteiger partial charge in [-0.15, -0.1) is 0 Å². The first-order valence-corrected chi connectivity index (χ1v) is 6.51. The van der Waals surface area contributed by atoms with Crippen LogP contribution in [0.25, 0.3) is 0 Å². The van der Waals surface area contributed by atoms with Crippen LogP contribution in [0.2, 0.25) is 0 Å². The molecule has 2 atom stereocenters. The van der Waals surface area contributed by atoms with Crippen LogP contribution in [0.5, 0.6) is 0 Å². The maximum Gasteiger partial charge on any atom is 0.320 e. The molecule has 0 saturated carbocycles. The standard InChI is InChI=1S/C12H21N3O3/c1-8-6-15(7-10(8)11(16)17)12(18)14-4-2-9(13)3-5-14/h8-10H,2-7,13H2,1H3,(H,16,17). The van der Waals surface area contributed by atoms with E-state index in [2.05, 4.69) is 0 Å². The van der Waals surface area contributed by atoms with Crippen molar-refractivity contribution in [1.82, 2.24) is 9.80 Å². The predicted molar refractivity (Wildman–Crippen MR) is 66.0 cm³/mol. The molecule has 2 aliphatic rings. The fourth-order valence-corrected chi connectivity index (χ4v) is 2.74. The minimum absolute atomic E-state index is 0.0264. The molecule has 0 aromatic rings. The summed E-state index contributed by atoms with van der Waals surface area (Å²) in [5.41, 5.74) is 5.81. The fraction of sp³-hybridized carbons (Fsp3) is 0.833. The van der Waals surface area contributed by atoms with E-state index in [4.69, 9.17) is 10.8 Å². The molecule has 3 N–H and O–H groups in total. The van der Waals surface area contributed by atoms with Crippen LogP contribution in [0.3, 0.4) is 0 Å². The first-order chi connectivity index (χ1) is 8.49. The number of piperidine rings is 1. The van der Waals surface area contributed by atoms with E-state index in [1.807, 2.05) is 6.92 Å². The van der Waals surface area contributed by atoms with E-state index in [0.29, 0.717) is 26.2 Å². The molecule has 0 spiro atoms. The smallest absolute Gasteiger partial charge is 0.320 e. The molecule has 2 aliphatic heterocycles. The number of amides is 2. The van der Waals surface area contributed by atoms with Crippen molar-refractivity contribution in [3.63, 3.8) is 0 Å². The molecule has 102 valence electrons. The molecule has 2 unspecified atom stereocenters. The van der Waals surface area contributed by atoms with Gasteiger partial charge in [-0.2, -0.15) is 0 Å². The average molecular weight is 255 g/mol. The van der Waals surface area contributed by atoms with Gasteiger partial charge in [0.05, 0.1) is 5.92 Å². The molecular formula is C12H21N3O3. The molecule has 0 radical (unpaired) electrons. The van der Waals surface area contributed by atoms with Crippen molar-refractivity contribution in [1.29, 1.82) is 0 Å². The summed E-state index contributed by atoms with van der Waals surface area (Å²) in [4.78, 5) is 26.7. The van der Waals surface area contributed by atoms with E-state index < -0.39 is 11.9 Å². The first kappa shape index (κ1) is 13.1. The largest absolute Gasteiger partial charge is 0.481 e. The summed E-state index contributed by atoms with van der Waals surface area (Å²) in [5, 5.41) is 9.06. The summed E-state index contributed by atoms with van der Waals surface area (Å²) in [7, 11) is 0. The molecule has 2 amide bonds. The molecule has 6 nitrogen and oxygen atoms in total. The second-order valence-corrected chi connectivity index (χ2v) is 5.43. The van der Waals surface area contributed by atoms with Gasteiger partial charge in [-0.1, -0.05) is 6.92 Å². The van der Waals surface area contributed by atoms with Crippen LogP contribution in [0.4, 0.5) is 4.79 Å². The number of carbonyl (C=O) groups excluding carboxylic acids is 1. The van der Waals surface area contributed by atoms with Crippen LogP contribution in [0, 0.1) is 11.8 Å². The molecule has 18 heavy (non-hydrogen) atoms. The van der Waals surface area contributed by atoms with Crippen LogP contribution in [0.15, 0.2) is 0 Å². The molecule has 0 aliphatic carbocycles. The number of urea groups is 1. The third kappa shape index (κ3) is 2.58. The lowest BCUT2D eigenvalue weighted by molar-refractivity contribution is -0.142. The lowest BCUT2D eigenvalue weighted by atomic mass is 9.99. The third-order valence-corrected chi connectivity index (χ3v) is 4.01. The van der Waals surface area contributed by atoms with Crippen molar-refractivity contribution < 1.29 is 14.7 Å². The fourth-order valence-electron chi connectivity index (χ4n) is 2.74. The monoisotopic (exact) mass is 255 g/mol. The number of nitrogens with two attached hydrogens (primary N) is 1. The van der Waals surface area contributed by atoms with Crippen molar-refractivity contribution >= 4 is 12.0 Å². The minimum atomic E-state index is -0.807. The molecule has 0 aromatic heterocycles. The Labute approximate surface area is 107 Å². The highest BCUT2D eigenvalue weighted by molar-refractivity contribution is 5.77. The number of likely N-dealkylation sites (tertiary alicyclic amines) is 2. The zero-order valence-electron chi connectivity index (χ0n) is 10.7. The van der Waals surface area contributed by atoms with Crippen molar-refractivity contribution in [3.05, 3.63) is 0 Å². The van der Waals surface area contributed by atoms with Gasteiger partial charge >= 0.3 is 12.0 Å². The highest BCUT2D eigenvalue weighted by atomic mass is 16.4. The first-order valence-electron chi connectivity index (χ1n) is 6.51. The van der Waals surface area contributed by atoms with Gasteiger partial charge in [-0.3, -0.25) is 4.79 Å². The molecule has 2 fully saturated rings. The van der Waals surface area contributed by atoms with E-state index in [0.717, 1.165) is 12.8 Å². The Balaban J connectivity index is 1.92. The number of carbonyl (C=O) groups is 2. The SMILES string of the molecule is CC1CN(C(=O)N2CCC(N)CC2)CC1C(=O)O. The number of hydrogen-bond acceptors (Lipinski definition) is 3. The van der Waals surface area contributed by atoms with Crippen molar-refractivity contribution in [2.24, 2.45) is 17.6 Å². The Morgan fingerprint density at radius 2 is 1.78 bits per heavy atom. The normalized spacial score (nSPS) is 29.7. The quantitative estimate of drug-likeness (QED) is 0.700. The number of carboxylic acid groups (broad SMARTS) is 1. The summed E-state index contributed by atoms with van der Waals surface area (Å²) in [6, 6.07) is 0.163. The zero-order valence-corrected chi connectivity index (χ0v) is 10.7. The van der Waals surface area contributed by atoms with Crippen molar-refractivity contribution in [2.45, 2.75) is 25.8 Å². The summed E-state index contributed by atoms with van der Waals surface area (Å²) in [6.45, 7) is 4.12. The van der Waals surface area contributed by atoms with Gasteiger partial charge in [0.2, 0.25) is 0 Å². The van der Waals surface area contributed by atoms with E-state index in [1.54, 1.807) is 9.80 Å². The Morgan fingerprint density at radius 3 is 2.28 bits per heavy atom. The van der Waals surface area contributed by atoms with Gasteiger partial charge in [0.15, 0.2) is 0 Å². The Hall–Kier alpha value is -1.30. The molecule has 0 aromatic carbocycles. The Bertz CT molecular complexity index is 339. The maximum atomic E-state index is 12.2.